The smallest absolute Gasteiger partial charge is 0.254 e. The highest BCUT2D eigenvalue weighted by Gasteiger charge is 2.11. The molecule has 6 heteroatoms. The van der Waals surface area contributed by atoms with Crippen LogP contribution in [0.4, 0.5) is 4.39 Å². The molecular formula is C9H10FN3O2. The van der Waals surface area contributed by atoms with E-state index in [1.807, 2.05) is 0 Å². The first-order chi connectivity index (χ1) is 7.15. The van der Waals surface area contributed by atoms with Gasteiger partial charge in [-0.1, -0.05) is 0 Å². The molecule has 0 bridgehead atoms. The maximum atomic E-state index is 13.0. The highest BCUT2D eigenvalue weighted by Crippen LogP contribution is 2.03. The molecule has 5 nitrogen and oxygen atoms in total. The summed E-state index contributed by atoms with van der Waals surface area (Å²) in [7, 11) is 1.45. The fourth-order valence-corrected chi connectivity index (χ4v) is 0.904. The highest BCUT2D eigenvalue weighted by molar-refractivity contribution is 5.96. The van der Waals surface area contributed by atoms with E-state index in [1.165, 1.54) is 19.3 Å². The van der Waals surface area contributed by atoms with E-state index in [9.17, 15) is 14.0 Å². The van der Waals surface area contributed by atoms with Crippen molar-refractivity contribution in [2.24, 2.45) is 0 Å². The molecule has 0 aliphatic rings. The van der Waals surface area contributed by atoms with E-state index >= 15 is 0 Å². The maximum Gasteiger partial charge on any atom is 0.254 e. The molecule has 0 unspecified atom stereocenters. The van der Waals surface area contributed by atoms with Crippen molar-refractivity contribution in [1.82, 2.24) is 15.6 Å². The number of amides is 2. The molecule has 0 aliphatic carbocycles. The van der Waals surface area contributed by atoms with Crippen molar-refractivity contribution in [3.8, 4) is 0 Å². The molecule has 1 heterocycles. The summed E-state index contributed by atoms with van der Waals surface area (Å²) in [5.41, 5.74) is -0.131. The second-order valence-electron chi connectivity index (χ2n) is 2.71. The van der Waals surface area contributed by atoms with Crippen LogP contribution >= 0.6 is 0 Å². The van der Waals surface area contributed by atoms with Crippen molar-refractivity contribution in [1.29, 1.82) is 0 Å². The van der Waals surface area contributed by atoms with Crippen LogP contribution in [0.3, 0.4) is 0 Å². The predicted molar refractivity (Wildman–Crippen MR) is 50.6 cm³/mol. The highest BCUT2D eigenvalue weighted by atomic mass is 19.1. The Labute approximate surface area is 85.7 Å². The molecule has 0 saturated carbocycles. The lowest BCUT2D eigenvalue weighted by atomic mass is 10.2. The summed E-state index contributed by atoms with van der Waals surface area (Å²) < 4.78 is 13.0. The summed E-state index contributed by atoms with van der Waals surface area (Å²) >= 11 is 0. The maximum absolute atomic E-state index is 13.0. The zero-order valence-corrected chi connectivity index (χ0v) is 8.08. The summed E-state index contributed by atoms with van der Waals surface area (Å²) in [5, 5.41) is 4.60. The topological polar surface area (TPSA) is 71.1 Å². The molecule has 0 aliphatic heterocycles. The van der Waals surface area contributed by atoms with E-state index in [2.05, 4.69) is 15.6 Å². The summed E-state index contributed by atoms with van der Waals surface area (Å²) in [4.78, 5) is 25.6. The van der Waals surface area contributed by atoms with Gasteiger partial charge in [-0.15, -0.1) is 0 Å². The number of pyridine rings is 1. The summed E-state index contributed by atoms with van der Waals surface area (Å²) in [6, 6.07) is 1.24. The number of nitrogens with zero attached hydrogens (tertiary/aromatic N) is 1. The van der Waals surface area contributed by atoms with Gasteiger partial charge < -0.3 is 10.6 Å². The number of carbonyl (C=O) groups is 2. The van der Waals surface area contributed by atoms with Crippen LogP contribution in [0.15, 0.2) is 18.5 Å². The molecule has 0 radical (unpaired) electrons. The largest absolute Gasteiger partial charge is 0.358 e. The number of rotatable bonds is 3. The van der Waals surface area contributed by atoms with Crippen molar-refractivity contribution in [2.45, 2.75) is 0 Å². The van der Waals surface area contributed by atoms with Gasteiger partial charge in [-0.3, -0.25) is 14.6 Å². The zero-order chi connectivity index (χ0) is 11.3. The van der Waals surface area contributed by atoms with Crippen LogP contribution in [-0.4, -0.2) is 30.4 Å². The van der Waals surface area contributed by atoms with Gasteiger partial charge in [-0.25, -0.2) is 4.39 Å². The van der Waals surface area contributed by atoms with Crippen LogP contribution < -0.4 is 10.6 Å². The van der Waals surface area contributed by atoms with E-state index in [0.29, 0.717) is 0 Å². The van der Waals surface area contributed by atoms with Crippen LogP contribution in [0.1, 0.15) is 10.4 Å². The number of carbonyl (C=O) groups excluding carboxylic acids is 2. The lowest BCUT2D eigenvalue weighted by Crippen LogP contribution is -2.35. The molecule has 0 saturated heterocycles. The first-order valence-corrected chi connectivity index (χ1v) is 4.23. The second kappa shape index (κ2) is 5.04. The zero-order valence-electron chi connectivity index (χ0n) is 8.08. The molecule has 0 fully saturated rings. The second-order valence-corrected chi connectivity index (χ2v) is 2.71. The number of likely N-dealkylation sites (N-methyl/N-ethyl adjacent to an activating group) is 1. The number of hydrogen-bond acceptors (Lipinski definition) is 3. The van der Waals surface area contributed by atoms with Gasteiger partial charge in [0, 0.05) is 13.2 Å². The van der Waals surface area contributed by atoms with Crippen LogP contribution in [0.5, 0.6) is 0 Å². The molecule has 1 rings (SSSR count). The molecule has 0 aromatic carbocycles. The van der Waals surface area contributed by atoms with Gasteiger partial charge >= 0.3 is 0 Å². The first kappa shape index (κ1) is 11.1. The summed E-state index contributed by atoms with van der Waals surface area (Å²) in [6.45, 7) is -0.183. The number of aromatic nitrogens is 1. The minimum Gasteiger partial charge on any atom is -0.358 e. The fraction of sp³-hybridized carbons (Fsp3) is 0.222. The van der Waals surface area contributed by atoms with Gasteiger partial charge in [-0.2, -0.15) is 0 Å². The van der Waals surface area contributed by atoms with Crippen LogP contribution in [0.25, 0.3) is 0 Å². The van der Waals surface area contributed by atoms with Gasteiger partial charge in [0.2, 0.25) is 5.91 Å². The molecule has 1 aromatic rings. The van der Waals surface area contributed by atoms with Gasteiger partial charge in [0.05, 0.1) is 18.3 Å². The standard InChI is InChI=1S/C9H10FN3O2/c1-11-8(14)5-13-9(15)6-2-3-12-4-7(6)10/h2-4H,5H2,1H3,(H,11,14)(H,13,15). The van der Waals surface area contributed by atoms with Crippen molar-refractivity contribution >= 4 is 11.8 Å². The normalized spacial score (nSPS) is 9.47. The van der Waals surface area contributed by atoms with Gasteiger partial charge in [0.1, 0.15) is 0 Å². The molecule has 1 aromatic heterocycles. The minimum absolute atomic E-state index is 0.131. The Balaban J connectivity index is 2.62. The van der Waals surface area contributed by atoms with Crippen LogP contribution in [0.2, 0.25) is 0 Å². The number of nitrogens with one attached hydrogen (secondary N) is 2. The quantitative estimate of drug-likeness (QED) is 0.720. The van der Waals surface area contributed by atoms with Crippen molar-refractivity contribution < 1.29 is 14.0 Å². The summed E-state index contributed by atoms with van der Waals surface area (Å²) in [6.07, 6.45) is 2.24. The summed E-state index contributed by atoms with van der Waals surface area (Å²) in [5.74, 6) is -1.71. The van der Waals surface area contributed by atoms with Crippen LogP contribution in [0, 0.1) is 5.82 Å². The predicted octanol–water partition coefficient (Wildman–Crippen LogP) is -0.304. The third-order valence-corrected chi connectivity index (χ3v) is 1.71. The van der Waals surface area contributed by atoms with E-state index < -0.39 is 11.7 Å². The van der Waals surface area contributed by atoms with Crippen molar-refractivity contribution in [3.63, 3.8) is 0 Å². The molecule has 2 amide bonds. The molecule has 0 spiro atoms. The lowest BCUT2D eigenvalue weighted by Gasteiger charge is -2.04. The van der Waals surface area contributed by atoms with E-state index in [1.54, 1.807) is 0 Å². The molecular weight excluding hydrogens is 201 g/mol. The Bertz CT molecular complexity index is 381. The molecule has 80 valence electrons. The SMILES string of the molecule is CNC(=O)CNC(=O)c1ccncc1F. The van der Waals surface area contributed by atoms with Gasteiger partial charge in [-0.05, 0) is 6.07 Å². The van der Waals surface area contributed by atoms with Crippen LogP contribution in [-0.2, 0) is 4.79 Å². The number of hydrogen-bond donors (Lipinski definition) is 2. The van der Waals surface area contributed by atoms with E-state index in [-0.39, 0.29) is 18.0 Å². The van der Waals surface area contributed by atoms with Gasteiger partial charge in [0.15, 0.2) is 5.82 Å². The Hall–Kier alpha value is -1.98. The molecule has 0 atom stereocenters. The van der Waals surface area contributed by atoms with Crippen molar-refractivity contribution in [2.75, 3.05) is 13.6 Å². The third kappa shape index (κ3) is 3.01. The minimum atomic E-state index is -0.716. The molecule has 2 N–H and O–H groups in total. The first-order valence-electron chi connectivity index (χ1n) is 4.23. The lowest BCUT2D eigenvalue weighted by molar-refractivity contribution is -0.119. The Morgan fingerprint density at radius 2 is 2.27 bits per heavy atom. The van der Waals surface area contributed by atoms with Crippen molar-refractivity contribution in [3.05, 3.63) is 29.8 Å². The van der Waals surface area contributed by atoms with E-state index in [0.717, 1.165) is 6.20 Å². The Morgan fingerprint density at radius 1 is 1.53 bits per heavy atom. The average molecular weight is 211 g/mol. The van der Waals surface area contributed by atoms with E-state index in [4.69, 9.17) is 0 Å². The Kier molecular flexibility index (Phi) is 3.73. The monoisotopic (exact) mass is 211 g/mol. The fourth-order valence-electron chi connectivity index (χ4n) is 0.904. The van der Waals surface area contributed by atoms with Gasteiger partial charge in [0.25, 0.3) is 5.91 Å². The third-order valence-electron chi connectivity index (χ3n) is 1.71. The number of halogens is 1. The average Bonchev–Trinajstić information content (AvgIpc) is 2.26. The Morgan fingerprint density at radius 3 is 2.87 bits per heavy atom. The molecule has 15 heavy (non-hydrogen) atoms.